The Labute approximate surface area is 86.1 Å². The zero-order chi connectivity index (χ0) is 10.4. The summed E-state index contributed by atoms with van der Waals surface area (Å²) in [5, 5.41) is 8.65. The van der Waals surface area contributed by atoms with Gasteiger partial charge in [-0.2, -0.15) is 8.78 Å². The van der Waals surface area contributed by atoms with E-state index in [9.17, 15) is 8.78 Å². The maximum absolute atomic E-state index is 12.1. The monoisotopic (exact) mass is 218 g/mol. The van der Waals surface area contributed by atoms with Gasteiger partial charge < -0.3 is 5.11 Å². The topological polar surface area (TPSA) is 20.2 Å². The van der Waals surface area contributed by atoms with Gasteiger partial charge in [0.05, 0.1) is 0 Å². The maximum atomic E-state index is 12.1. The van der Waals surface area contributed by atoms with Crippen molar-refractivity contribution in [2.45, 2.75) is 23.5 Å². The second kappa shape index (κ2) is 5.98. The van der Waals surface area contributed by atoms with Crippen LogP contribution in [0.4, 0.5) is 8.78 Å². The maximum Gasteiger partial charge on any atom is 0.288 e. The molecule has 1 aromatic carbocycles. The Bertz CT molecular complexity index is 279. The van der Waals surface area contributed by atoms with Gasteiger partial charge in [-0.3, -0.25) is 0 Å². The minimum Gasteiger partial charge on any atom is -0.396 e. The molecule has 1 nitrogen and oxygen atoms in total. The molecular weight excluding hydrogens is 206 g/mol. The fourth-order valence-electron chi connectivity index (χ4n) is 1.19. The van der Waals surface area contributed by atoms with Gasteiger partial charge in [0.25, 0.3) is 5.76 Å². The zero-order valence-electron chi connectivity index (χ0n) is 7.62. The van der Waals surface area contributed by atoms with Gasteiger partial charge in [0.15, 0.2) is 0 Å². The molecule has 0 aromatic heterocycles. The van der Waals surface area contributed by atoms with E-state index in [0.29, 0.717) is 29.5 Å². The summed E-state index contributed by atoms with van der Waals surface area (Å²) in [4.78, 5) is 0.607. The first-order valence-corrected chi connectivity index (χ1v) is 5.25. The number of aliphatic hydroxyl groups is 1. The quantitative estimate of drug-likeness (QED) is 0.767. The van der Waals surface area contributed by atoms with Crippen molar-refractivity contribution in [2.24, 2.45) is 0 Å². The molecule has 0 fully saturated rings. The van der Waals surface area contributed by atoms with E-state index in [-0.39, 0.29) is 6.61 Å². The lowest BCUT2D eigenvalue weighted by atomic mass is 10.1. The Kier molecular flexibility index (Phi) is 4.90. The summed E-state index contributed by atoms with van der Waals surface area (Å²) >= 11 is 0.561. The average molecular weight is 218 g/mol. The lowest BCUT2D eigenvalue weighted by Crippen LogP contribution is -1.93. The van der Waals surface area contributed by atoms with Crippen LogP contribution in [0.15, 0.2) is 29.2 Å². The Morgan fingerprint density at radius 2 is 2.00 bits per heavy atom. The number of halogens is 2. The molecule has 0 amide bonds. The summed E-state index contributed by atoms with van der Waals surface area (Å²) in [6.07, 6.45) is 1.26. The number of alkyl halides is 2. The van der Waals surface area contributed by atoms with Crippen molar-refractivity contribution in [3.63, 3.8) is 0 Å². The SMILES string of the molecule is OCCCc1ccccc1SC(F)F. The van der Waals surface area contributed by atoms with Crippen LogP contribution in [0.25, 0.3) is 0 Å². The zero-order valence-corrected chi connectivity index (χ0v) is 8.44. The predicted molar refractivity (Wildman–Crippen MR) is 53.7 cm³/mol. The molecule has 1 N–H and O–H groups in total. The van der Waals surface area contributed by atoms with Gasteiger partial charge in [-0.25, -0.2) is 0 Å². The second-order valence-corrected chi connectivity index (χ2v) is 3.85. The minimum absolute atomic E-state index is 0.0910. The van der Waals surface area contributed by atoms with E-state index in [1.54, 1.807) is 12.1 Å². The van der Waals surface area contributed by atoms with E-state index >= 15 is 0 Å². The van der Waals surface area contributed by atoms with E-state index < -0.39 is 5.76 Å². The Hall–Kier alpha value is -0.610. The van der Waals surface area contributed by atoms with E-state index in [0.717, 1.165) is 5.56 Å². The first kappa shape index (κ1) is 11.5. The first-order chi connectivity index (χ1) is 6.74. The normalized spacial score (nSPS) is 10.9. The number of thioether (sulfide) groups is 1. The molecule has 0 aliphatic carbocycles. The van der Waals surface area contributed by atoms with Crippen molar-refractivity contribution in [3.8, 4) is 0 Å². The molecular formula is C10H12F2OS. The number of rotatable bonds is 5. The summed E-state index contributed by atoms with van der Waals surface area (Å²) in [6.45, 7) is 0.0910. The third-order valence-electron chi connectivity index (χ3n) is 1.79. The molecule has 1 rings (SSSR count). The second-order valence-electron chi connectivity index (χ2n) is 2.81. The van der Waals surface area contributed by atoms with Crippen LogP contribution in [0, 0.1) is 0 Å². The third-order valence-corrected chi connectivity index (χ3v) is 2.62. The fraction of sp³-hybridized carbons (Fsp3) is 0.400. The average Bonchev–Trinajstić information content (AvgIpc) is 2.16. The van der Waals surface area contributed by atoms with E-state index in [1.807, 2.05) is 12.1 Å². The van der Waals surface area contributed by atoms with Gasteiger partial charge in [0, 0.05) is 11.5 Å². The Balaban J connectivity index is 2.69. The highest BCUT2D eigenvalue weighted by atomic mass is 32.2. The molecule has 0 saturated carbocycles. The highest BCUT2D eigenvalue weighted by Crippen LogP contribution is 2.28. The minimum atomic E-state index is -2.38. The van der Waals surface area contributed by atoms with Crippen molar-refractivity contribution in [2.75, 3.05) is 6.61 Å². The summed E-state index contributed by atoms with van der Waals surface area (Å²) in [7, 11) is 0. The van der Waals surface area contributed by atoms with Gasteiger partial charge in [0.1, 0.15) is 0 Å². The highest BCUT2D eigenvalue weighted by molar-refractivity contribution is 7.99. The molecule has 0 saturated heterocycles. The number of hydrogen-bond donors (Lipinski definition) is 1. The molecule has 0 spiro atoms. The molecule has 0 heterocycles. The van der Waals surface area contributed by atoms with Crippen molar-refractivity contribution in [1.82, 2.24) is 0 Å². The lowest BCUT2D eigenvalue weighted by molar-refractivity contribution is 0.252. The van der Waals surface area contributed by atoms with Gasteiger partial charge in [0.2, 0.25) is 0 Å². The molecule has 0 unspecified atom stereocenters. The smallest absolute Gasteiger partial charge is 0.288 e. The number of hydrogen-bond acceptors (Lipinski definition) is 2. The van der Waals surface area contributed by atoms with Crippen molar-refractivity contribution >= 4 is 11.8 Å². The van der Waals surface area contributed by atoms with Crippen molar-refractivity contribution in [1.29, 1.82) is 0 Å². The molecule has 1 aromatic rings. The summed E-state index contributed by atoms with van der Waals surface area (Å²) in [6, 6.07) is 7.07. The molecule has 78 valence electrons. The molecule has 0 aliphatic rings. The standard InChI is InChI=1S/C10H12F2OS/c11-10(12)14-9-6-2-1-4-8(9)5-3-7-13/h1-2,4,6,10,13H,3,5,7H2. The van der Waals surface area contributed by atoms with Crippen LogP contribution in [0.2, 0.25) is 0 Å². The van der Waals surface area contributed by atoms with Crippen molar-refractivity contribution < 1.29 is 13.9 Å². The van der Waals surface area contributed by atoms with Crippen molar-refractivity contribution in [3.05, 3.63) is 29.8 Å². The molecule has 4 heteroatoms. The van der Waals surface area contributed by atoms with Crippen LogP contribution >= 0.6 is 11.8 Å². The number of aryl methyl sites for hydroxylation is 1. The molecule has 14 heavy (non-hydrogen) atoms. The third kappa shape index (κ3) is 3.64. The Morgan fingerprint density at radius 3 is 2.64 bits per heavy atom. The van der Waals surface area contributed by atoms with Crippen LogP contribution in [0.3, 0.4) is 0 Å². The fourth-order valence-corrected chi connectivity index (χ4v) is 1.86. The van der Waals surface area contributed by atoms with Gasteiger partial charge in [-0.05, 0) is 24.5 Å². The van der Waals surface area contributed by atoms with Crippen LogP contribution in [0.5, 0.6) is 0 Å². The van der Waals surface area contributed by atoms with Crippen LogP contribution < -0.4 is 0 Å². The van der Waals surface area contributed by atoms with E-state index in [1.165, 1.54) is 0 Å². The largest absolute Gasteiger partial charge is 0.396 e. The summed E-state index contributed by atoms with van der Waals surface area (Å²) in [5.41, 5.74) is 0.881. The molecule has 0 bridgehead atoms. The van der Waals surface area contributed by atoms with E-state index in [2.05, 4.69) is 0 Å². The van der Waals surface area contributed by atoms with Crippen LogP contribution in [-0.2, 0) is 6.42 Å². The summed E-state index contributed by atoms with van der Waals surface area (Å²) < 4.78 is 24.3. The highest BCUT2D eigenvalue weighted by Gasteiger charge is 2.08. The van der Waals surface area contributed by atoms with Gasteiger partial charge in [-0.15, -0.1) is 0 Å². The van der Waals surface area contributed by atoms with Gasteiger partial charge >= 0.3 is 0 Å². The molecule has 0 radical (unpaired) electrons. The molecule has 0 aliphatic heterocycles. The van der Waals surface area contributed by atoms with Crippen LogP contribution in [-0.4, -0.2) is 17.5 Å². The van der Waals surface area contributed by atoms with Gasteiger partial charge in [-0.1, -0.05) is 30.0 Å². The van der Waals surface area contributed by atoms with E-state index in [4.69, 9.17) is 5.11 Å². The first-order valence-electron chi connectivity index (χ1n) is 4.37. The Morgan fingerprint density at radius 1 is 1.29 bits per heavy atom. The number of aliphatic hydroxyl groups excluding tert-OH is 1. The molecule has 0 atom stereocenters. The predicted octanol–water partition coefficient (Wildman–Crippen LogP) is 2.93. The number of benzene rings is 1. The van der Waals surface area contributed by atoms with Crippen LogP contribution in [0.1, 0.15) is 12.0 Å². The lowest BCUT2D eigenvalue weighted by Gasteiger charge is -2.07. The summed E-state index contributed by atoms with van der Waals surface area (Å²) in [5.74, 6) is -2.38.